The van der Waals surface area contributed by atoms with E-state index in [0.29, 0.717) is 5.75 Å². The molecule has 1 aromatic heterocycles. The minimum absolute atomic E-state index is 0.0106. The van der Waals surface area contributed by atoms with Gasteiger partial charge in [-0.15, -0.1) is 11.8 Å². The molecule has 4 atom stereocenters. The Kier molecular flexibility index (Phi) is 10.3. The molecule has 2 N–H and O–H groups in total. The molecule has 46 heavy (non-hydrogen) atoms. The average Bonchev–Trinajstić information content (AvgIpc) is 3.11. The van der Waals surface area contributed by atoms with Crippen LogP contribution in [0.25, 0.3) is 11.1 Å². The number of sulfonamides is 1. The number of nitrogens with one attached hydrogen (secondary N) is 1. The van der Waals surface area contributed by atoms with Crippen LogP contribution in [-0.4, -0.2) is 30.4 Å². The molecule has 9 heteroatoms. The fourth-order valence-corrected chi connectivity index (χ4v) is 7.56. The topological polar surface area (TPSA) is 97.8 Å². The Morgan fingerprint density at radius 2 is 1.52 bits per heavy atom. The van der Waals surface area contributed by atoms with Crippen LogP contribution in [0.5, 0.6) is 0 Å². The van der Waals surface area contributed by atoms with Crippen LogP contribution in [0, 0.1) is 5.92 Å². The van der Waals surface area contributed by atoms with Gasteiger partial charge in [0.05, 0.1) is 28.7 Å². The molecular weight excluding hydrogens is 617 g/mol. The van der Waals surface area contributed by atoms with Crippen LogP contribution in [0.4, 0.5) is 0 Å². The summed E-state index contributed by atoms with van der Waals surface area (Å²) in [6.07, 6.45) is 0.862. The SMILES string of the molecule is CC1C(CSc2ccccn2)OC(c2cccc(-c3cccc(CNS(=O)(=O)c4ccccc4)c3)c2)OC1c1ccc(CO)cc1. The van der Waals surface area contributed by atoms with Gasteiger partial charge in [0.1, 0.15) is 0 Å². The van der Waals surface area contributed by atoms with Crippen molar-refractivity contribution in [1.82, 2.24) is 9.71 Å². The van der Waals surface area contributed by atoms with Crippen molar-refractivity contribution in [1.29, 1.82) is 0 Å². The normalized spacial score (nSPS) is 20.0. The Hall–Kier alpha value is -3.83. The lowest BCUT2D eigenvalue weighted by Gasteiger charge is -2.41. The Morgan fingerprint density at radius 1 is 0.783 bits per heavy atom. The van der Waals surface area contributed by atoms with Crippen molar-refractivity contribution in [2.24, 2.45) is 5.92 Å². The molecule has 0 amide bonds. The highest BCUT2D eigenvalue weighted by atomic mass is 32.2. The fraction of sp³-hybridized carbons (Fsp3) is 0.216. The first kappa shape index (κ1) is 32.1. The summed E-state index contributed by atoms with van der Waals surface area (Å²) in [7, 11) is -3.62. The molecule has 5 aromatic rings. The highest BCUT2D eigenvalue weighted by molar-refractivity contribution is 7.99. The van der Waals surface area contributed by atoms with Gasteiger partial charge in [-0.25, -0.2) is 18.1 Å². The number of hydrogen-bond acceptors (Lipinski definition) is 7. The molecule has 0 radical (unpaired) electrons. The number of hydrogen-bond donors (Lipinski definition) is 2. The molecule has 236 valence electrons. The molecule has 1 aliphatic rings. The van der Waals surface area contributed by atoms with Crippen molar-refractivity contribution in [3.8, 4) is 11.1 Å². The van der Waals surface area contributed by atoms with E-state index >= 15 is 0 Å². The van der Waals surface area contributed by atoms with Crippen molar-refractivity contribution in [2.45, 2.75) is 48.5 Å². The minimum Gasteiger partial charge on any atom is -0.392 e. The number of rotatable bonds is 11. The maximum Gasteiger partial charge on any atom is 0.240 e. The first-order chi connectivity index (χ1) is 22.4. The number of benzene rings is 4. The first-order valence-electron chi connectivity index (χ1n) is 15.2. The van der Waals surface area contributed by atoms with Gasteiger partial charge in [-0.05, 0) is 64.2 Å². The van der Waals surface area contributed by atoms with Gasteiger partial charge in [-0.1, -0.05) is 91.9 Å². The standard InChI is InChI=1S/C37H36N2O5S2/c1-26-34(25-45-35-15-5-6-20-38-35)43-37(44-36(26)29-18-16-27(24-40)17-19-29)32-12-8-11-31(22-32)30-10-7-9-28(21-30)23-39-46(41,42)33-13-3-2-4-14-33/h2-22,26,34,36-37,39-40H,23-25H2,1H3. The number of ether oxygens (including phenoxy) is 2. The summed E-state index contributed by atoms with van der Waals surface area (Å²) in [6.45, 7) is 2.31. The molecule has 0 bridgehead atoms. The van der Waals surface area contributed by atoms with E-state index in [9.17, 15) is 13.5 Å². The largest absolute Gasteiger partial charge is 0.392 e. The smallest absolute Gasteiger partial charge is 0.240 e. The Morgan fingerprint density at radius 3 is 2.26 bits per heavy atom. The van der Waals surface area contributed by atoms with Crippen molar-refractivity contribution in [2.75, 3.05) is 5.75 Å². The first-order valence-corrected chi connectivity index (χ1v) is 17.6. The third-order valence-corrected chi connectivity index (χ3v) is 10.5. The van der Waals surface area contributed by atoms with E-state index in [0.717, 1.165) is 38.4 Å². The third kappa shape index (κ3) is 7.75. The fourth-order valence-electron chi connectivity index (χ4n) is 5.50. The van der Waals surface area contributed by atoms with Gasteiger partial charge in [0.2, 0.25) is 10.0 Å². The van der Waals surface area contributed by atoms with Crippen LogP contribution in [0.15, 0.2) is 137 Å². The maximum absolute atomic E-state index is 12.8. The van der Waals surface area contributed by atoms with E-state index < -0.39 is 16.3 Å². The van der Waals surface area contributed by atoms with E-state index in [1.54, 1.807) is 48.3 Å². The number of aromatic nitrogens is 1. The van der Waals surface area contributed by atoms with Crippen molar-refractivity contribution in [3.05, 3.63) is 150 Å². The molecule has 0 saturated carbocycles. The van der Waals surface area contributed by atoms with Crippen LogP contribution in [-0.2, 0) is 32.6 Å². The molecular formula is C37H36N2O5S2. The number of aliphatic hydroxyl groups is 1. The summed E-state index contributed by atoms with van der Waals surface area (Å²) in [4.78, 5) is 4.71. The van der Waals surface area contributed by atoms with Crippen molar-refractivity contribution < 1.29 is 23.0 Å². The second-order valence-electron chi connectivity index (χ2n) is 11.3. The van der Waals surface area contributed by atoms with Gasteiger partial charge >= 0.3 is 0 Å². The second-order valence-corrected chi connectivity index (χ2v) is 14.1. The van der Waals surface area contributed by atoms with Crippen molar-refractivity contribution >= 4 is 21.8 Å². The number of aliphatic hydroxyl groups excluding tert-OH is 1. The van der Waals surface area contributed by atoms with E-state index in [-0.39, 0.29) is 36.2 Å². The highest BCUT2D eigenvalue weighted by Crippen LogP contribution is 2.43. The Balaban J connectivity index is 1.23. The van der Waals surface area contributed by atoms with Crippen LogP contribution >= 0.6 is 11.8 Å². The van der Waals surface area contributed by atoms with E-state index in [2.05, 4.69) is 22.7 Å². The van der Waals surface area contributed by atoms with Gasteiger partial charge in [0, 0.05) is 30.0 Å². The number of thioether (sulfide) groups is 1. The average molecular weight is 653 g/mol. The Bertz CT molecular complexity index is 1840. The van der Waals surface area contributed by atoms with Gasteiger partial charge in [0.25, 0.3) is 0 Å². The van der Waals surface area contributed by atoms with Gasteiger partial charge in [-0.2, -0.15) is 0 Å². The molecule has 1 aliphatic heterocycles. The summed E-state index contributed by atoms with van der Waals surface area (Å²) in [5.41, 5.74) is 5.56. The van der Waals surface area contributed by atoms with Gasteiger partial charge in [-0.3, -0.25) is 0 Å². The van der Waals surface area contributed by atoms with E-state index in [1.165, 1.54) is 0 Å². The van der Waals surface area contributed by atoms with Crippen molar-refractivity contribution in [3.63, 3.8) is 0 Å². The molecule has 0 aliphatic carbocycles. The number of nitrogens with zero attached hydrogens (tertiary/aromatic N) is 1. The summed E-state index contributed by atoms with van der Waals surface area (Å²) in [6, 6.07) is 38.1. The molecule has 0 spiro atoms. The van der Waals surface area contributed by atoms with E-state index in [4.69, 9.17) is 9.47 Å². The Labute approximate surface area is 274 Å². The quantitative estimate of drug-likeness (QED) is 0.145. The molecule has 1 saturated heterocycles. The zero-order valence-corrected chi connectivity index (χ0v) is 27.0. The summed E-state index contributed by atoms with van der Waals surface area (Å²) in [5, 5.41) is 10.5. The lowest BCUT2D eigenvalue weighted by molar-refractivity contribution is -0.268. The predicted molar refractivity (Wildman–Crippen MR) is 180 cm³/mol. The molecule has 2 heterocycles. The lowest BCUT2D eigenvalue weighted by Crippen LogP contribution is -2.38. The molecule has 7 nitrogen and oxygen atoms in total. The summed E-state index contributed by atoms with van der Waals surface area (Å²) < 4.78 is 41.6. The monoisotopic (exact) mass is 652 g/mol. The maximum atomic E-state index is 12.8. The van der Waals surface area contributed by atoms with Gasteiger partial charge < -0.3 is 14.6 Å². The lowest BCUT2D eigenvalue weighted by atomic mass is 9.91. The number of pyridine rings is 1. The summed E-state index contributed by atoms with van der Waals surface area (Å²) >= 11 is 1.66. The highest BCUT2D eigenvalue weighted by Gasteiger charge is 2.38. The molecule has 4 unspecified atom stereocenters. The van der Waals surface area contributed by atoms with Crippen LogP contribution < -0.4 is 4.72 Å². The van der Waals surface area contributed by atoms with E-state index in [1.807, 2.05) is 84.9 Å². The molecule has 4 aromatic carbocycles. The zero-order chi connectivity index (χ0) is 31.9. The summed E-state index contributed by atoms with van der Waals surface area (Å²) in [5.74, 6) is 0.774. The molecule has 6 rings (SSSR count). The van der Waals surface area contributed by atoms with Crippen LogP contribution in [0.3, 0.4) is 0 Å². The second kappa shape index (κ2) is 14.7. The van der Waals surface area contributed by atoms with Crippen LogP contribution in [0.1, 0.15) is 41.6 Å². The zero-order valence-electron chi connectivity index (χ0n) is 25.4. The molecule has 1 fully saturated rings. The minimum atomic E-state index is -3.62. The van der Waals surface area contributed by atoms with Crippen LogP contribution in [0.2, 0.25) is 0 Å². The predicted octanol–water partition coefficient (Wildman–Crippen LogP) is 7.30. The third-order valence-electron chi connectivity index (χ3n) is 8.10. The van der Waals surface area contributed by atoms with Gasteiger partial charge in [0.15, 0.2) is 6.29 Å².